The van der Waals surface area contributed by atoms with Crippen LogP contribution >= 0.6 is 0 Å². The van der Waals surface area contributed by atoms with E-state index in [-0.39, 0.29) is 11.6 Å². The van der Waals surface area contributed by atoms with Crippen molar-refractivity contribution in [2.45, 2.75) is 38.3 Å². The van der Waals surface area contributed by atoms with E-state index in [2.05, 4.69) is 12.2 Å². The molecule has 100 valence electrons. The van der Waals surface area contributed by atoms with Crippen LogP contribution < -0.4 is 5.32 Å². The minimum absolute atomic E-state index is 0.0223. The zero-order valence-corrected chi connectivity index (χ0v) is 10.7. The van der Waals surface area contributed by atoms with E-state index in [1.54, 1.807) is 6.92 Å². The average molecular weight is 255 g/mol. The fourth-order valence-corrected chi connectivity index (χ4v) is 2.62. The summed E-state index contributed by atoms with van der Waals surface area (Å²) in [5.74, 6) is -1.40. The third-order valence-corrected chi connectivity index (χ3v) is 3.84. The first-order chi connectivity index (χ1) is 8.43. The Hall–Kier alpha value is -1.00. The minimum Gasteiger partial charge on any atom is -0.384 e. The molecule has 0 amide bonds. The first kappa shape index (κ1) is 13.4. The Morgan fingerprint density at radius 3 is 2.78 bits per heavy atom. The molecular weight excluding hydrogens is 236 g/mol. The first-order valence-corrected chi connectivity index (χ1v) is 6.33. The lowest BCUT2D eigenvalue weighted by Gasteiger charge is -2.39. The quantitative estimate of drug-likeness (QED) is 0.851. The first-order valence-electron chi connectivity index (χ1n) is 6.33. The number of hydrogen-bond donors (Lipinski definition) is 2. The molecule has 1 heterocycles. The number of nitrogens with one attached hydrogen (secondary N) is 1. The maximum atomic E-state index is 13.8. The van der Waals surface area contributed by atoms with E-state index in [9.17, 15) is 13.9 Å². The van der Waals surface area contributed by atoms with E-state index in [1.165, 1.54) is 12.1 Å². The lowest BCUT2D eigenvalue weighted by molar-refractivity contribution is -0.00481. The van der Waals surface area contributed by atoms with Crippen LogP contribution in [0.2, 0.25) is 0 Å². The molecule has 0 spiro atoms. The second-order valence-electron chi connectivity index (χ2n) is 5.39. The highest BCUT2D eigenvalue weighted by Crippen LogP contribution is 2.33. The fourth-order valence-electron chi connectivity index (χ4n) is 2.62. The topological polar surface area (TPSA) is 32.3 Å². The van der Waals surface area contributed by atoms with Gasteiger partial charge in [0.1, 0.15) is 5.60 Å². The van der Waals surface area contributed by atoms with Gasteiger partial charge in [0.2, 0.25) is 0 Å². The summed E-state index contributed by atoms with van der Waals surface area (Å²) in [4.78, 5) is 0. The Morgan fingerprint density at radius 2 is 2.11 bits per heavy atom. The summed E-state index contributed by atoms with van der Waals surface area (Å²) in [7, 11) is 0. The molecule has 3 atom stereocenters. The molecule has 1 aliphatic rings. The Kier molecular flexibility index (Phi) is 3.69. The molecule has 2 rings (SSSR count). The molecule has 1 aromatic rings. The summed E-state index contributed by atoms with van der Waals surface area (Å²) < 4.78 is 27.0. The van der Waals surface area contributed by atoms with Crippen LogP contribution in [0.1, 0.15) is 32.3 Å². The van der Waals surface area contributed by atoms with E-state index >= 15 is 0 Å². The van der Waals surface area contributed by atoms with E-state index in [1.807, 2.05) is 0 Å². The predicted octanol–water partition coefficient (Wildman–Crippen LogP) is 2.56. The average Bonchev–Trinajstić information content (AvgIpc) is 2.32. The van der Waals surface area contributed by atoms with Gasteiger partial charge >= 0.3 is 0 Å². The molecule has 2 N–H and O–H groups in total. The molecule has 0 aliphatic carbocycles. The van der Waals surface area contributed by atoms with Gasteiger partial charge in [-0.1, -0.05) is 19.1 Å². The van der Waals surface area contributed by atoms with Gasteiger partial charge in [0.15, 0.2) is 11.6 Å². The van der Waals surface area contributed by atoms with Gasteiger partial charge in [-0.2, -0.15) is 0 Å². The molecule has 0 saturated carbocycles. The molecule has 3 unspecified atom stereocenters. The van der Waals surface area contributed by atoms with Gasteiger partial charge in [-0.15, -0.1) is 0 Å². The molecule has 0 bridgehead atoms. The lowest BCUT2D eigenvalue weighted by atomic mass is 9.80. The van der Waals surface area contributed by atoms with Gasteiger partial charge in [-0.3, -0.25) is 0 Å². The number of hydrogen-bond acceptors (Lipinski definition) is 2. The SMILES string of the molecule is CC1CCNC(C(C)(O)c2cccc(F)c2F)C1. The number of piperidine rings is 1. The number of rotatable bonds is 2. The molecule has 4 heteroatoms. The second-order valence-corrected chi connectivity index (χ2v) is 5.39. The maximum Gasteiger partial charge on any atom is 0.164 e. The van der Waals surface area contributed by atoms with Crippen molar-refractivity contribution in [3.8, 4) is 0 Å². The summed E-state index contributed by atoms with van der Waals surface area (Å²) in [5.41, 5.74) is -1.38. The Morgan fingerprint density at radius 1 is 1.39 bits per heavy atom. The van der Waals surface area contributed by atoms with Crippen LogP contribution in [0.5, 0.6) is 0 Å². The summed E-state index contributed by atoms with van der Waals surface area (Å²) in [5, 5.41) is 13.8. The zero-order chi connectivity index (χ0) is 13.3. The van der Waals surface area contributed by atoms with Gasteiger partial charge < -0.3 is 10.4 Å². The normalized spacial score (nSPS) is 27.8. The predicted molar refractivity (Wildman–Crippen MR) is 66.1 cm³/mol. The van der Waals surface area contributed by atoms with Crippen LogP contribution in [0.4, 0.5) is 8.78 Å². The highest BCUT2D eigenvalue weighted by atomic mass is 19.2. The summed E-state index contributed by atoms with van der Waals surface area (Å²) in [6, 6.07) is 3.68. The van der Waals surface area contributed by atoms with E-state index in [4.69, 9.17) is 0 Å². The van der Waals surface area contributed by atoms with Gasteiger partial charge in [0.05, 0.1) is 0 Å². The highest BCUT2D eigenvalue weighted by molar-refractivity contribution is 5.26. The second kappa shape index (κ2) is 4.94. The smallest absolute Gasteiger partial charge is 0.164 e. The van der Waals surface area contributed by atoms with Crippen molar-refractivity contribution in [2.75, 3.05) is 6.54 Å². The molecular formula is C14H19F2NO. The van der Waals surface area contributed by atoms with Crippen molar-refractivity contribution in [1.29, 1.82) is 0 Å². The maximum absolute atomic E-state index is 13.8. The third kappa shape index (κ3) is 2.40. The van der Waals surface area contributed by atoms with Crippen LogP contribution in [0, 0.1) is 17.6 Å². The molecule has 18 heavy (non-hydrogen) atoms. The molecule has 1 fully saturated rings. The highest BCUT2D eigenvalue weighted by Gasteiger charge is 2.38. The zero-order valence-electron chi connectivity index (χ0n) is 10.7. The molecule has 1 saturated heterocycles. The number of aliphatic hydroxyl groups is 1. The van der Waals surface area contributed by atoms with Gasteiger partial charge in [-0.05, 0) is 38.3 Å². The van der Waals surface area contributed by atoms with Crippen LogP contribution in [0.3, 0.4) is 0 Å². The largest absolute Gasteiger partial charge is 0.384 e. The Bertz CT molecular complexity index is 434. The third-order valence-electron chi connectivity index (χ3n) is 3.84. The molecule has 0 radical (unpaired) electrons. The van der Waals surface area contributed by atoms with Crippen molar-refractivity contribution in [3.63, 3.8) is 0 Å². The minimum atomic E-state index is -1.40. The van der Waals surface area contributed by atoms with Crippen LogP contribution in [0.25, 0.3) is 0 Å². The van der Waals surface area contributed by atoms with Crippen LogP contribution in [-0.2, 0) is 5.60 Å². The van der Waals surface area contributed by atoms with Gasteiger partial charge in [0.25, 0.3) is 0 Å². The van der Waals surface area contributed by atoms with Gasteiger partial charge in [-0.25, -0.2) is 8.78 Å². The number of halogens is 2. The van der Waals surface area contributed by atoms with Crippen LogP contribution in [-0.4, -0.2) is 17.7 Å². The molecule has 0 aromatic heterocycles. The van der Waals surface area contributed by atoms with Crippen molar-refractivity contribution >= 4 is 0 Å². The monoisotopic (exact) mass is 255 g/mol. The van der Waals surface area contributed by atoms with Crippen molar-refractivity contribution in [1.82, 2.24) is 5.32 Å². The lowest BCUT2D eigenvalue weighted by Crippen LogP contribution is -2.51. The van der Waals surface area contributed by atoms with Crippen molar-refractivity contribution in [2.24, 2.45) is 5.92 Å². The van der Waals surface area contributed by atoms with E-state index in [0.29, 0.717) is 5.92 Å². The summed E-state index contributed by atoms with van der Waals surface area (Å²) in [6.45, 7) is 4.44. The van der Waals surface area contributed by atoms with Gasteiger partial charge in [0, 0.05) is 11.6 Å². The molecule has 1 aromatic carbocycles. The fraction of sp³-hybridized carbons (Fsp3) is 0.571. The van der Waals surface area contributed by atoms with Crippen molar-refractivity contribution < 1.29 is 13.9 Å². The molecule has 1 aliphatic heterocycles. The molecule has 2 nitrogen and oxygen atoms in total. The van der Waals surface area contributed by atoms with E-state index < -0.39 is 17.2 Å². The Labute approximate surface area is 106 Å². The van der Waals surface area contributed by atoms with E-state index in [0.717, 1.165) is 25.5 Å². The van der Waals surface area contributed by atoms with Crippen LogP contribution in [0.15, 0.2) is 18.2 Å². The number of benzene rings is 1. The summed E-state index contributed by atoms with van der Waals surface area (Å²) in [6.07, 6.45) is 1.79. The summed E-state index contributed by atoms with van der Waals surface area (Å²) >= 11 is 0. The standard InChI is InChI=1S/C14H19F2NO/c1-9-6-7-17-12(8-9)14(2,18)10-4-3-5-11(15)13(10)16/h3-5,9,12,17-18H,6-8H2,1-2H3. The van der Waals surface area contributed by atoms with Crippen molar-refractivity contribution in [3.05, 3.63) is 35.4 Å². The Balaban J connectivity index is 2.32.